The molecule has 0 bridgehead atoms. The fourth-order valence-electron chi connectivity index (χ4n) is 3.97. The number of halogens is 1. The van der Waals surface area contributed by atoms with Gasteiger partial charge >= 0.3 is 0 Å². The van der Waals surface area contributed by atoms with Crippen molar-refractivity contribution in [3.8, 4) is 0 Å². The molecule has 0 aliphatic carbocycles. The first-order valence-electron chi connectivity index (χ1n) is 10.6. The molecule has 1 aliphatic rings. The zero-order valence-corrected chi connectivity index (χ0v) is 20.9. The van der Waals surface area contributed by atoms with Gasteiger partial charge < -0.3 is 16.0 Å². The number of carbonyl (C=O) groups excluding carboxylic acids is 1. The van der Waals surface area contributed by atoms with Gasteiger partial charge in [0.1, 0.15) is 0 Å². The van der Waals surface area contributed by atoms with Gasteiger partial charge in [0.2, 0.25) is 0 Å². The van der Waals surface area contributed by atoms with E-state index in [9.17, 15) is 4.79 Å². The monoisotopic (exact) mass is 535 g/mol. The molecule has 2 unspecified atom stereocenters. The lowest BCUT2D eigenvalue weighted by atomic mass is 10.1. The molecule has 168 valence electrons. The van der Waals surface area contributed by atoms with Gasteiger partial charge in [-0.15, -0.1) is 24.0 Å². The van der Waals surface area contributed by atoms with Gasteiger partial charge in [-0.05, 0) is 43.0 Å². The standard InChI is InChI=1S/C24H33N5O.HI/c1-18-14-22(17-29(18)16-20-8-5-4-6-9-20)28-24(26-3)27-13-12-19-10-7-11-21(15-19)23(30)25-2;/h4-11,15,18,22H,12-14,16-17H2,1-3H3,(H,25,30)(H2,26,27,28);1H. The molecule has 0 radical (unpaired) electrons. The summed E-state index contributed by atoms with van der Waals surface area (Å²) in [7, 11) is 3.46. The summed E-state index contributed by atoms with van der Waals surface area (Å²) in [6.45, 7) is 5.03. The lowest BCUT2D eigenvalue weighted by molar-refractivity contribution is 0.0963. The van der Waals surface area contributed by atoms with E-state index in [1.807, 2.05) is 31.3 Å². The van der Waals surface area contributed by atoms with E-state index in [1.165, 1.54) is 5.56 Å². The van der Waals surface area contributed by atoms with Gasteiger partial charge in [0.05, 0.1) is 0 Å². The third kappa shape index (κ3) is 7.50. The maximum Gasteiger partial charge on any atom is 0.251 e. The lowest BCUT2D eigenvalue weighted by Gasteiger charge is -2.21. The van der Waals surface area contributed by atoms with Crippen LogP contribution in [0.4, 0.5) is 0 Å². The van der Waals surface area contributed by atoms with Crippen molar-refractivity contribution in [1.29, 1.82) is 0 Å². The minimum Gasteiger partial charge on any atom is -0.356 e. The highest BCUT2D eigenvalue weighted by molar-refractivity contribution is 14.0. The average molecular weight is 535 g/mol. The molecule has 2 atom stereocenters. The number of likely N-dealkylation sites (tertiary alicyclic amines) is 1. The molecule has 1 saturated heterocycles. The second kappa shape index (κ2) is 12.7. The number of benzene rings is 2. The van der Waals surface area contributed by atoms with Gasteiger partial charge in [-0.2, -0.15) is 0 Å². The summed E-state index contributed by atoms with van der Waals surface area (Å²) < 4.78 is 0. The van der Waals surface area contributed by atoms with E-state index >= 15 is 0 Å². The second-order valence-corrected chi connectivity index (χ2v) is 7.87. The van der Waals surface area contributed by atoms with E-state index in [0.29, 0.717) is 17.6 Å². The number of nitrogens with one attached hydrogen (secondary N) is 3. The number of nitrogens with zero attached hydrogens (tertiary/aromatic N) is 2. The van der Waals surface area contributed by atoms with Crippen LogP contribution in [-0.4, -0.2) is 56.0 Å². The Morgan fingerprint density at radius 1 is 1.13 bits per heavy atom. The Kier molecular flexibility index (Phi) is 10.3. The van der Waals surface area contributed by atoms with Gasteiger partial charge in [-0.1, -0.05) is 42.5 Å². The third-order valence-corrected chi connectivity index (χ3v) is 5.62. The van der Waals surface area contributed by atoms with Crippen molar-refractivity contribution >= 4 is 35.8 Å². The smallest absolute Gasteiger partial charge is 0.251 e. The number of hydrogen-bond acceptors (Lipinski definition) is 3. The molecule has 1 amide bonds. The predicted molar refractivity (Wildman–Crippen MR) is 138 cm³/mol. The van der Waals surface area contributed by atoms with Crippen LogP contribution in [0.1, 0.15) is 34.8 Å². The van der Waals surface area contributed by atoms with Crippen LogP contribution < -0.4 is 16.0 Å². The molecule has 0 aromatic heterocycles. The Hall–Kier alpha value is -2.13. The van der Waals surface area contributed by atoms with Gasteiger partial charge in [0.25, 0.3) is 5.91 Å². The Labute approximate surface area is 202 Å². The molecule has 1 fully saturated rings. The summed E-state index contributed by atoms with van der Waals surface area (Å²) in [5.41, 5.74) is 3.17. The molecule has 2 aromatic rings. The topological polar surface area (TPSA) is 68.8 Å². The highest BCUT2D eigenvalue weighted by Gasteiger charge is 2.29. The Morgan fingerprint density at radius 2 is 1.87 bits per heavy atom. The maximum absolute atomic E-state index is 11.8. The number of hydrogen-bond donors (Lipinski definition) is 3. The van der Waals surface area contributed by atoms with Crippen LogP contribution in [0.2, 0.25) is 0 Å². The van der Waals surface area contributed by atoms with Gasteiger partial charge in [0, 0.05) is 51.4 Å². The van der Waals surface area contributed by atoms with Crippen LogP contribution >= 0.6 is 24.0 Å². The molecule has 31 heavy (non-hydrogen) atoms. The van der Waals surface area contributed by atoms with E-state index in [2.05, 4.69) is 63.1 Å². The number of amides is 1. The Balaban J connectivity index is 0.00000341. The highest BCUT2D eigenvalue weighted by Crippen LogP contribution is 2.20. The Bertz CT molecular complexity index is 858. The van der Waals surface area contributed by atoms with Crippen molar-refractivity contribution in [2.45, 2.75) is 38.4 Å². The maximum atomic E-state index is 11.8. The zero-order valence-electron chi connectivity index (χ0n) is 18.6. The van der Waals surface area contributed by atoms with Crippen molar-refractivity contribution in [1.82, 2.24) is 20.9 Å². The molecular formula is C24H34IN5O. The number of aliphatic imine (C=N–C) groups is 1. The fourth-order valence-corrected chi connectivity index (χ4v) is 3.97. The van der Waals surface area contributed by atoms with Crippen molar-refractivity contribution in [2.75, 3.05) is 27.2 Å². The van der Waals surface area contributed by atoms with Gasteiger partial charge in [-0.25, -0.2) is 0 Å². The van der Waals surface area contributed by atoms with Gasteiger partial charge in [-0.3, -0.25) is 14.7 Å². The summed E-state index contributed by atoms with van der Waals surface area (Å²) in [6.07, 6.45) is 1.93. The summed E-state index contributed by atoms with van der Waals surface area (Å²) in [5.74, 6) is 0.772. The normalized spacial score (nSPS) is 18.9. The highest BCUT2D eigenvalue weighted by atomic mass is 127. The van der Waals surface area contributed by atoms with Gasteiger partial charge in [0.15, 0.2) is 5.96 Å². The molecule has 3 rings (SSSR count). The third-order valence-electron chi connectivity index (χ3n) is 5.62. The second-order valence-electron chi connectivity index (χ2n) is 7.87. The van der Waals surface area contributed by atoms with E-state index in [0.717, 1.165) is 44.0 Å². The molecule has 2 aromatic carbocycles. The molecular weight excluding hydrogens is 501 g/mol. The summed E-state index contributed by atoms with van der Waals surface area (Å²) >= 11 is 0. The van der Waals surface area contributed by atoms with Crippen LogP contribution in [0, 0.1) is 0 Å². The van der Waals surface area contributed by atoms with E-state index in [-0.39, 0.29) is 29.9 Å². The molecule has 0 spiro atoms. The number of rotatable bonds is 7. The van der Waals surface area contributed by atoms with Crippen LogP contribution in [-0.2, 0) is 13.0 Å². The molecule has 0 saturated carbocycles. The quantitative estimate of drug-likeness (QED) is 0.290. The van der Waals surface area contributed by atoms with E-state index in [4.69, 9.17) is 0 Å². The number of guanidine groups is 1. The molecule has 3 N–H and O–H groups in total. The summed E-state index contributed by atoms with van der Waals surface area (Å²) in [4.78, 5) is 18.7. The van der Waals surface area contributed by atoms with Crippen LogP contribution in [0.15, 0.2) is 59.6 Å². The first-order chi connectivity index (χ1) is 14.6. The van der Waals surface area contributed by atoms with Crippen LogP contribution in [0.25, 0.3) is 0 Å². The minimum atomic E-state index is -0.0577. The molecule has 6 nitrogen and oxygen atoms in total. The van der Waals surface area contributed by atoms with Crippen LogP contribution in [0.5, 0.6) is 0 Å². The average Bonchev–Trinajstić information content (AvgIpc) is 3.11. The van der Waals surface area contributed by atoms with Crippen molar-refractivity contribution in [3.63, 3.8) is 0 Å². The lowest BCUT2D eigenvalue weighted by Crippen LogP contribution is -2.45. The minimum absolute atomic E-state index is 0. The summed E-state index contributed by atoms with van der Waals surface area (Å²) in [5, 5.41) is 9.64. The largest absolute Gasteiger partial charge is 0.356 e. The first-order valence-corrected chi connectivity index (χ1v) is 10.6. The Morgan fingerprint density at radius 3 is 2.58 bits per heavy atom. The molecule has 7 heteroatoms. The summed E-state index contributed by atoms with van der Waals surface area (Å²) in [6, 6.07) is 19.3. The zero-order chi connectivity index (χ0) is 21.3. The molecule has 1 aliphatic heterocycles. The van der Waals surface area contributed by atoms with E-state index < -0.39 is 0 Å². The van der Waals surface area contributed by atoms with Crippen molar-refractivity contribution in [3.05, 3.63) is 71.3 Å². The number of carbonyl (C=O) groups is 1. The van der Waals surface area contributed by atoms with Crippen molar-refractivity contribution in [2.24, 2.45) is 4.99 Å². The predicted octanol–water partition coefficient (Wildman–Crippen LogP) is 3.03. The SMILES string of the molecule is CN=C(NCCc1cccc(C(=O)NC)c1)NC1CC(C)N(Cc2ccccc2)C1.I. The van der Waals surface area contributed by atoms with Crippen molar-refractivity contribution < 1.29 is 4.79 Å². The van der Waals surface area contributed by atoms with Crippen LogP contribution in [0.3, 0.4) is 0 Å². The fraction of sp³-hybridized carbons (Fsp3) is 0.417. The van der Waals surface area contributed by atoms with E-state index in [1.54, 1.807) is 7.05 Å². The molecule has 1 heterocycles. The first kappa shape index (κ1) is 25.1.